The van der Waals surface area contributed by atoms with Crippen molar-refractivity contribution >= 4 is 13.7 Å². The first kappa shape index (κ1) is 26.6. The smallest absolute Gasteiger partial charge is 0.197 e. The molecule has 0 aromatic carbocycles. The lowest BCUT2D eigenvalue weighted by molar-refractivity contribution is -0.111. The summed E-state index contributed by atoms with van der Waals surface area (Å²) >= 11 is 0. The Morgan fingerprint density at radius 1 is 0.963 bits per heavy atom. The van der Waals surface area contributed by atoms with E-state index in [1.54, 1.807) is 0 Å². The van der Waals surface area contributed by atoms with Gasteiger partial charge in [-0.2, -0.15) is 0 Å². The number of nitrogens with two attached hydrogens (primary N) is 2. The molecule has 7 heteroatoms. The maximum atomic E-state index is 11.3. The number of carbonyl (C=O) groups is 1. The van der Waals surface area contributed by atoms with Crippen LogP contribution in [0.3, 0.4) is 0 Å². The molecule has 6 nitrogen and oxygen atoms in total. The van der Waals surface area contributed by atoms with E-state index < -0.39 is 31.7 Å². The third-order valence-electron chi connectivity index (χ3n) is 4.73. The van der Waals surface area contributed by atoms with Crippen molar-refractivity contribution in [3.8, 4) is 0 Å². The Hall–Kier alpha value is -0.360. The minimum absolute atomic E-state index is 0.350. The van der Waals surface area contributed by atoms with Crippen molar-refractivity contribution < 1.29 is 19.9 Å². The Kier molecular flexibility index (Phi) is 17.5. The van der Waals surface area contributed by atoms with Gasteiger partial charge in [-0.05, 0) is 12.8 Å². The van der Waals surface area contributed by atoms with Gasteiger partial charge in [-0.25, -0.2) is 0 Å². The van der Waals surface area contributed by atoms with Gasteiger partial charge < -0.3 is 26.6 Å². The van der Waals surface area contributed by atoms with Crippen LogP contribution >= 0.6 is 8.15 Å². The largest absolute Gasteiger partial charge is 0.387 e. The van der Waals surface area contributed by atoms with Crippen molar-refractivity contribution in [3.05, 3.63) is 12.2 Å². The van der Waals surface area contributed by atoms with Gasteiger partial charge in [0.05, 0.1) is 18.7 Å². The highest BCUT2D eigenvalue weighted by molar-refractivity contribution is 7.70. The summed E-state index contributed by atoms with van der Waals surface area (Å²) in [4.78, 5) is 21.0. The molecule has 0 saturated heterocycles. The van der Waals surface area contributed by atoms with Crippen molar-refractivity contribution in [1.29, 1.82) is 0 Å². The lowest BCUT2D eigenvalue weighted by atomic mass is 10.0. The predicted octanol–water partition coefficient (Wildman–Crippen LogP) is 3.12. The summed E-state index contributed by atoms with van der Waals surface area (Å²) in [5, 5.41) is 19.8. The van der Waals surface area contributed by atoms with Crippen LogP contribution in [0.1, 0.15) is 84.0 Å². The fourth-order valence-corrected chi connectivity index (χ4v) is 3.86. The van der Waals surface area contributed by atoms with E-state index in [-0.39, 0.29) is 6.54 Å². The standard InChI is InChI=1S/C20H41N2O4P/c1-2-3-4-5-6-7-8-9-10-11-12-13-14-15-17(23)19(22)20(25)27(26)18(24)16-21/h14-15,17,19-20,23,25-26H,2-13,16,21-22H2,1H3/b15-14+/t17-,19+,20?,27?/m1/s1. The molecule has 0 aromatic heterocycles. The predicted molar refractivity (Wildman–Crippen MR) is 113 cm³/mol. The first-order valence-electron chi connectivity index (χ1n) is 10.4. The number of hydrogen-bond donors (Lipinski definition) is 5. The van der Waals surface area contributed by atoms with Crippen LogP contribution in [0, 0.1) is 0 Å². The minimum atomic E-state index is -2.34. The molecule has 27 heavy (non-hydrogen) atoms. The van der Waals surface area contributed by atoms with Crippen LogP contribution in [0.4, 0.5) is 0 Å². The Morgan fingerprint density at radius 2 is 1.44 bits per heavy atom. The second-order valence-electron chi connectivity index (χ2n) is 7.18. The summed E-state index contributed by atoms with van der Waals surface area (Å²) in [7, 11) is -2.34. The molecule has 0 amide bonds. The Bertz CT molecular complexity index is 396. The van der Waals surface area contributed by atoms with E-state index in [1.165, 1.54) is 63.9 Å². The first-order valence-corrected chi connectivity index (χ1v) is 11.8. The molecule has 0 spiro atoms. The van der Waals surface area contributed by atoms with E-state index in [2.05, 4.69) is 6.92 Å². The summed E-state index contributed by atoms with van der Waals surface area (Å²) < 4.78 is 0. The summed E-state index contributed by atoms with van der Waals surface area (Å²) in [5.41, 5.74) is 10.2. The zero-order chi connectivity index (χ0) is 20.5. The normalized spacial score (nSPS) is 16.4. The fraction of sp³-hybridized carbons (Fsp3) is 0.850. The number of unbranched alkanes of at least 4 members (excludes halogenated alkanes) is 11. The van der Waals surface area contributed by atoms with E-state index in [1.807, 2.05) is 6.08 Å². The van der Waals surface area contributed by atoms with Crippen LogP contribution in [-0.2, 0) is 4.79 Å². The van der Waals surface area contributed by atoms with E-state index >= 15 is 0 Å². The van der Waals surface area contributed by atoms with Gasteiger partial charge in [-0.3, -0.25) is 4.79 Å². The van der Waals surface area contributed by atoms with Crippen molar-refractivity contribution in [1.82, 2.24) is 0 Å². The Labute approximate surface area is 166 Å². The number of rotatable bonds is 18. The highest BCUT2D eigenvalue weighted by atomic mass is 31.1. The summed E-state index contributed by atoms with van der Waals surface area (Å²) in [6, 6.07) is -1.11. The van der Waals surface area contributed by atoms with Crippen LogP contribution in [0.5, 0.6) is 0 Å². The second kappa shape index (κ2) is 17.7. The zero-order valence-corrected chi connectivity index (χ0v) is 17.8. The zero-order valence-electron chi connectivity index (χ0n) is 16.9. The molecule has 0 bridgehead atoms. The van der Waals surface area contributed by atoms with E-state index in [4.69, 9.17) is 11.5 Å². The molecular weight excluding hydrogens is 363 g/mol. The highest BCUT2D eigenvalue weighted by Crippen LogP contribution is 2.37. The Morgan fingerprint density at radius 3 is 1.93 bits per heavy atom. The highest BCUT2D eigenvalue weighted by Gasteiger charge is 2.31. The number of carbonyl (C=O) groups excluding carboxylic acids is 1. The molecule has 0 aliphatic carbocycles. The van der Waals surface area contributed by atoms with Gasteiger partial charge in [-0.15, -0.1) is 0 Å². The lowest BCUT2D eigenvalue weighted by Crippen LogP contribution is -2.44. The lowest BCUT2D eigenvalue weighted by Gasteiger charge is -2.24. The van der Waals surface area contributed by atoms with Crippen LogP contribution in [0.25, 0.3) is 0 Å². The third kappa shape index (κ3) is 13.4. The molecule has 0 aliphatic heterocycles. The molecule has 0 fully saturated rings. The van der Waals surface area contributed by atoms with E-state index in [9.17, 15) is 19.9 Å². The van der Waals surface area contributed by atoms with Gasteiger partial charge in [0.15, 0.2) is 5.52 Å². The van der Waals surface area contributed by atoms with Crippen LogP contribution in [0.15, 0.2) is 12.2 Å². The van der Waals surface area contributed by atoms with Gasteiger partial charge >= 0.3 is 0 Å². The number of hydrogen-bond acceptors (Lipinski definition) is 6. The minimum Gasteiger partial charge on any atom is -0.387 e. The SMILES string of the molecule is CCCCCCCCCCCCC/C=C/[C@@H](O)[C@H](N)C(O)P(O)C(=O)CN. The number of aliphatic hydroxyl groups is 2. The first-order chi connectivity index (χ1) is 13.0. The summed E-state index contributed by atoms with van der Waals surface area (Å²) in [6.45, 7) is 1.89. The monoisotopic (exact) mass is 404 g/mol. The van der Waals surface area contributed by atoms with Gasteiger partial charge in [0, 0.05) is 0 Å². The van der Waals surface area contributed by atoms with Crippen molar-refractivity contribution in [2.24, 2.45) is 11.5 Å². The molecule has 0 saturated carbocycles. The number of allylic oxidation sites excluding steroid dienone is 1. The molecule has 160 valence electrons. The molecule has 4 atom stereocenters. The van der Waals surface area contributed by atoms with Gasteiger partial charge in [0.25, 0.3) is 0 Å². The molecule has 2 unspecified atom stereocenters. The van der Waals surface area contributed by atoms with Crippen molar-refractivity contribution in [3.63, 3.8) is 0 Å². The number of aliphatic hydroxyl groups excluding tert-OH is 2. The van der Waals surface area contributed by atoms with Crippen LogP contribution < -0.4 is 11.5 Å². The molecule has 0 aliphatic rings. The quantitative estimate of drug-likeness (QED) is 0.136. The molecular formula is C20H41N2O4P. The maximum Gasteiger partial charge on any atom is 0.197 e. The van der Waals surface area contributed by atoms with Gasteiger partial charge in [0.1, 0.15) is 14.0 Å². The van der Waals surface area contributed by atoms with Gasteiger partial charge in [0.2, 0.25) is 0 Å². The molecule has 0 rings (SSSR count). The van der Waals surface area contributed by atoms with E-state index in [0.717, 1.165) is 19.3 Å². The Balaban J connectivity index is 3.71. The van der Waals surface area contributed by atoms with Gasteiger partial charge in [-0.1, -0.05) is 83.3 Å². The summed E-state index contributed by atoms with van der Waals surface area (Å²) in [6.07, 6.45) is 17.3. The average Bonchev–Trinajstić information content (AvgIpc) is 2.68. The molecule has 0 aromatic rings. The second-order valence-corrected chi connectivity index (χ2v) is 8.89. The maximum absolute atomic E-state index is 11.3. The molecule has 0 radical (unpaired) electrons. The molecule has 0 heterocycles. The van der Waals surface area contributed by atoms with Crippen LogP contribution in [0.2, 0.25) is 0 Å². The average molecular weight is 405 g/mol. The van der Waals surface area contributed by atoms with Crippen LogP contribution in [-0.4, -0.2) is 45.2 Å². The topological polar surface area (TPSA) is 130 Å². The van der Waals surface area contributed by atoms with Crippen molar-refractivity contribution in [2.75, 3.05) is 6.54 Å². The molecule has 7 N–H and O–H groups in total. The fourth-order valence-electron chi connectivity index (χ4n) is 2.87. The third-order valence-corrected chi connectivity index (χ3v) is 6.27. The van der Waals surface area contributed by atoms with Crippen molar-refractivity contribution in [2.45, 2.75) is 102 Å². The summed E-state index contributed by atoms with van der Waals surface area (Å²) in [5.74, 6) is -1.47. The van der Waals surface area contributed by atoms with E-state index in [0.29, 0.717) is 0 Å².